The Bertz CT molecular complexity index is 714. The molecule has 9 heteroatoms. The highest BCUT2D eigenvalue weighted by molar-refractivity contribution is 7.91. The van der Waals surface area contributed by atoms with Crippen LogP contribution in [-0.2, 0) is 14.6 Å². The molecule has 0 bridgehead atoms. The number of nitriles is 1. The van der Waals surface area contributed by atoms with E-state index in [9.17, 15) is 13.2 Å². The lowest BCUT2D eigenvalue weighted by atomic mass is 10.2. The molecule has 2 heterocycles. The van der Waals surface area contributed by atoms with Crippen LogP contribution >= 0.6 is 11.6 Å². The van der Waals surface area contributed by atoms with Gasteiger partial charge >= 0.3 is 5.97 Å². The zero-order chi connectivity index (χ0) is 15.6. The van der Waals surface area contributed by atoms with Crippen molar-refractivity contribution in [3.05, 3.63) is 22.8 Å². The van der Waals surface area contributed by atoms with Crippen molar-refractivity contribution in [1.29, 1.82) is 5.26 Å². The topological polar surface area (TPSA) is 111 Å². The highest BCUT2D eigenvalue weighted by Crippen LogP contribution is 2.30. The molecule has 1 aromatic heterocycles. The predicted octanol–water partition coefficient (Wildman–Crippen LogP) is 0.685. The number of sulfone groups is 1. The number of halogens is 1. The Hall–Kier alpha value is -1.85. The molecule has 1 aliphatic rings. The van der Waals surface area contributed by atoms with Gasteiger partial charge in [0.15, 0.2) is 9.84 Å². The van der Waals surface area contributed by atoms with Crippen molar-refractivity contribution < 1.29 is 18.3 Å². The zero-order valence-electron chi connectivity index (χ0n) is 10.9. The van der Waals surface area contributed by atoms with E-state index < -0.39 is 28.4 Å². The molecule has 1 aromatic rings. The van der Waals surface area contributed by atoms with E-state index in [1.807, 2.05) is 6.07 Å². The van der Waals surface area contributed by atoms with Crippen LogP contribution in [0.3, 0.4) is 0 Å². The van der Waals surface area contributed by atoms with Crippen LogP contribution in [0.15, 0.2) is 12.3 Å². The normalized spacial score (nSPS) is 19.9. The lowest BCUT2D eigenvalue weighted by Crippen LogP contribution is -2.40. The summed E-state index contributed by atoms with van der Waals surface area (Å²) < 4.78 is 23.2. The van der Waals surface area contributed by atoms with Gasteiger partial charge < -0.3 is 10.0 Å². The monoisotopic (exact) mass is 329 g/mol. The maximum atomic E-state index is 11.6. The van der Waals surface area contributed by atoms with Crippen LogP contribution in [0, 0.1) is 11.3 Å². The van der Waals surface area contributed by atoms with Crippen molar-refractivity contribution >= 4 is 33.2 Å². The predicted molar refractivity (Wildman–Crippen MR) is 76.0 cm³/mol. The molecule has 0 amide bonds. The van der Waals surface area contributed by atoms with Gasteiger partial charge in [-0.15, -0.1) is 0 Å². The molecule has 0 aliphatic carbocycles. The van der Waals surface area contributed by atoms with Gasteiger partial charge in [0, 0.05) is 12.2 Å². The third-order valence-corrected chi connectivity index (χ3v) is 5.34. The Morgan fingerprint density at radius 3 is 2.86 bits per heavy atom. The standard InChI is InChI=1S/C12H12ClN3O4S/c13-11-8(5-14)1-3-15-12(11)16(6-10(17)18)9-2-4-21(19,20)7-9/h1,3,9H,2,4,6-7H2,(H,17,18). The molecule has 21 heavy (non-hydrogen) atoms. The molecule has 1 fully saturated rings. The van der Waals surface area contributed by atoms with Gasteiger partial charge in [-0.1, -0.05) is 11.6 Å². The Labute approximate surface area is 126 Å². The van der Waals surface area contributed by atoms with E-state index in [2.05, 4.69) is 4.98 Å². The molecule has 1 N–H and O–H groups in total. The van der Waals surface area contributed by atoms with Crippen molar-refractivity contribution in [2.75, 3.05) is 23.0 Å². The van der Waals surface area contributed by atoms with Gasteiger partial charge in [0.25, 0.3) is 0 Å². The minimum absolute atomic E-state index is 0.00332. The van der Waals surface area contributed by atoms with E-state index in [4.69, 9.17) is 22.0 Å². The van der Waals surface area contributed by atoms with Gasteiger partial charge in [-0.2, -0.15) is 5.26 Å². The summed E-state index contributed by atoms with van der Waals surface area (Å²) in [6, 6.07) is 2.79. The summed E-state index contributed by atoms with van der Waals surface area (Å²) in [7, 11) is -3.18. The fourth-order valence-corrected chi connectivity index (χ4v) is 4.26. The van der Waals surface area contributed by atoms with Gasteiger partial charge in [-0.25, -0.2) is 13.4 Å². The van der Waals surface area contributed by atoms with Crippen molar-refractivity contribution in [2.24, 2.45) is 0 Å². The second kappa shape index (κ2) is 5.87. The van der Waals surface area contributed by atoms with Crippen LogP contribution in [0.1, 0.15) is 12.0 Å². The van der Waals surface area contributed by atoms with E-state index in [0.717, 1.165) is 0 Å². The third-order valence-electron chi connectivity index (χ3n) is 3.22. The Balaban J connectivity index is 2.42. The third kappa shape index (κ3) is 3.43. The number of nitrogens with zero attached hydrogens (tertiary/aromatic N) is 3. The van der Waals surface area contributed by atoms with Crippen LogP contribution in [0.5, 0.6) is 0 Å². The number of rotatable bonds is 4. The molecule has 0 spiro atoms. The number of carbonyl (C=O) groups is 1. The first kappa shape index (κ1) is 15.5. The number of hydrogen-bond acceptors (Lipinski definition) is 6. The number of anilines is 1. The van der Waals surface area contributed by atoms with Crippen LogP contribution in [0.25, 0.3) is 0 Å². The molecular weight excluding hydrogens is 318 g/mol. The summed E-state index contributed by atoms with van der Waals surface area (Å²) >= 11 is 6.07. The van der Waals surface area contributed by atoms with Crippen molar-refractivity contribution in [3.63, 3.8) is 0 Å². The number of pyridine rings is 1. The largest absolute Gasteiger partial charge is 0.480 e. The first-order chi connectivity index (χ1) is 9.84. The van der Waals surface area contributed by atoms with E-state index in [-0.39, 0.29) is 27.9 Å². The van der Waals surface area contributed by atoms with Crippen LogP contribution < -0.4 is 4.90 Å². The average Bonchev–Trinajstić information content (AvgIpc) is 2.76. The van der Waals surface area contributed by atoms with Crippen LogP contribution in [0.2, 0.25) is 5.02 Å². The summed E-state index contributed by atoms with van der Waals surface area (Å²) in [6.07, 6.45) is 1.66. The minimum Gasteiger partial charge on any atom is -0.480 e. The molecule has 1 unspecified atom stereocenters. The molecule has 0 radical (unpaired) electrons. The van der Waals surface area contributed by atoms with Gasteiger partial charge in [-0.3, -0.25) is 4.79 Å². The van der Waals surface area contributed by atoms with Crippen molar-refractivity contribution in [1.82, 2.24) is 4.98 Å². The first-order valence-corrected chi connectivity index (χ1v) is 8.27. The van der Waals surface area contributed by atoms with Crippen molar-refractivity contribution in [2.45, 2.75) is 12.5 Å². The molecule has 0 aromatic carbocycles. The molecule has 1 atom stereocenters. The summed E-state index contributed by atoms with van der Waals surface area (Å²) in [6.45, 7) is -0.429. The second-order valence-electron chi connectivity index (χ2n) is 4.69. The molecule has 1 aliphatic heterocycles. The SMILES string of the molecule is N#Cc1ccnc(N(CC(=O)O)C2CCS(=O)(=O)C2)c1Cl. The highest BCUT2D eigenvalue weighted by Gasteiger charge is 2.35. The Morgan fingerprint density at radius 2 is 2.33 bits per heavy atom. The summed E-state index contributed by atoms with van der Waals surface area (Å²) in [5.74, 6) is -1.14. The molecular formula is C12H12ClN3O4S. The lowest BCUT2D eigenvalue weighted by Gasteiger charge is -2.28. The molecule has 1 saturated heterocycles. The number of hydrogen-bond donors (Lipinski definition) is 1. The quantitative estimate of drug-likeness (QED) is 0.864. The van der Waals surface area contributed by atoms with Crippen LogP contribution in [-0.4, -0.2) is 48.6 Å². The number of carboxylic acids is 1. The number of aromatic nitrogens is 1. The molecule has 2 rings (SSSR count). The second-order valence-corrected chi connectivity index (χ2v) is 7.29. The van der Waals surface area contributed by atoms with Gasteiger partial charge in [0.05, 0.1) is 17.1 Å². The summed E-state index contributed by atoms with van der Waals surface area (Å²) in [4.78, 5) is 16.4. The minimum atomic E-state index is -3.18. The van der Waals surface area contributed by atoms with Gasteiger partial charge in [-0.05, 0) is 12.5 Å². The maximum Gasteiger partial charge on any atom is 0.323 e. The van der Waals surface area contributed by atoms with Gasteiger partial charge in [0.1, 0.15) is 23.5 Å². The van der Waals surface area contributed by atoms with Gasteiger partial charge in [0.2, 0.25) is 0 Å². The maximum absolute atomic E-state index is 11.6. The Morgan fingerprint density at radius 1 is 1.62 bits per heavy atom. The fourth-order valence-electron chi connectivity index (χ4n) is 2.26. The van der Waals surface area contributed by atoms with Crippen LogP contribution in [0.4, 0.5) is 5.82 Å². The first-order valence-electron chi connectivity index (χ1n) is 6.07. The number of carboxylic acid groups (broad SMARTS) is 1. The zero-order valence-corrected chi connectivity index (χ0v) is 12.4. The van der Waals surface area contributed by atoms with Crippen molar-refractivity contribution in [3.8, 4) is 6.07 Å². The molecule has 7 nitrogen and oxygen atoms in total. The Kier molecular flexibility index (Phi) is 4.34. The number of aliphatic carboxylic acids is 1. The van der Waals surface area contributed by atoms with E-state index >= 15 is 0 Å². The average molecular weight is 330 g/mol. The molecule has 112 valence electrons. The van der Waals surface area contributed by atoms with E-state index in [0.29, 0.717) is 6.42 Å². The lowest BCUT2D eigenvalue weighted by molar-refractivity contribution is -0.135. The van der Waals surface area contributed by atoms with E-state index in [1.54, 1.807) is 0 Å². The fraction of sp³-hybridized carbons (Fsp3) is 0.417. The smallest absolute Gasteiger partial charge is 0.323 e. The molecule has 0 saturated carbocycles. The summed E-state index contributed by atoms with van der Waals surface area (Å²) in [5.41, 5.74) is 0.165. The highest BCUT2D eigenvalue weighted by atomic mass is 35.5. The summed E-state index contributed by atoms with van der Waals surface area (Å²) in [5, 5.41) is 18.0. The van der Waals surface area contributed by atoms with E-state index in [1.165, 1.54) is 17.2 Å².